The molecule has 2 aliphatic rings. The van der Waals surface area contributed by atoms with Gasteiger partial charge in [-0.1, -0.05) is 6.92 Å². The van der Waals surface area contributed by atoms with Gasteiger partial charge in [-0.15, -0.1) is 0 Å². The van der Waals surface area contributed by atoms with Gasteiger partial charge < -0.3 is 5.32 Å². The lowest BCUT2D eigenvalue weighted by Crippen LogP contribution is -2.42. The van der Waals surface area contributed by atoms with E-state index in [1.807, 2.05) is 0 Å². The van der Waals surface area contributed by atoms with E-state index in [9.17, 15) is 4.21 Å². The largest absolute Gasteiger partial charge is 0.315 e. The average molecular weight is 230 g/mol. The van der Waals surface area contributed by atoms with Crippen molar-refractivity contribution in [2.45, 2.75) is 25.8 Å². The molecule has 2 fully saturated rings. The van der Waals surface area contributed by atoms with Gasteiger partial charge in [-0.25, -0.2) is 0 Å². The zero-order chi connectivity index (χ0) is 10.7. The predicted octanol–water partition coefficient (Wildman–Crippen LogP) is 0.439. The van der Waals surface area contributed by atoms with Crippen molar-refractivity contribution < 1.29 is 4.21 Å². The summed E-state index contributed by atoms with van der Waals surface area (Å²) in [5.41, 5.74) is 0. The Morgan fingerprint density at radius 2 is 2.07 bits per heavy atom. The van der Waals surface area contributed by atoms with E-state index in [0.717, 1.165) is 43.4 Å². The third-order valence-corrected chi connectivity index (χ3v) is 4.87. The van der Waals surface area contributed by atoms with Gasteiger partial charge in [0.05, 0.1) is 0 Å². The molecule has 1 N–H and O–H groups in total. The Labute approximate surface area is 95.1 Å². The monoisotopic (exact) mass is 230 g/mol. The van der Waals surface area contributed by atoms with Gasteiger partial charge in [0.2, 0.25) is 0 Å². The van der Waals surface area contributed by atoms with Crippen LogP contribution in [0.5, 0.6) is 0 Å². The third kappa shape index (κ3) is 3.26. The first-order valence-corrected chi connectivity index (χ1v) is 7.54. The molecule has 0 aliphatic carbocycles. The molecule has 0 aromatic carbocycles. The summed E-state index contributed by atoms with van der Waals surface area (Å²) in [6, 6.07) is 0.699. The number of hydrogen-bond acceptors (Lipinski definition) is 3. The van der Waals surface area contributed by atoms with Crippen LogP contribution in [-0.4, -0.2) is 52.8 Å². The predicted molar refractivity (Wildman–Crippen MR) is 64.5 cm³/mol. The van der Waals surface area contributed by atoms with E-state index in [0.29, 0.717) is 6.04 Å². The Balaban J connectivity index is 1.88. The van der Waals surface area contributed by atoms with Crippen LogP contribution < -0.4 is 5.32 Å². The second kappa shape index (κ2) is 5.41. The number of hydrogen-bond donors (Lipinski definition) is 1. The SMILES string of the molecule is CC1CNCCN(C2CCS(=O)CC2)C1. The molecule has 2 aliphatic heterocycles. The van der Waals surface area contributed by atoms with E-state index in [1.165, 1.54) is 13.1 Å². The maximum atomic E-state index is 11.3. The van der Waals surface area contributed by atoms with Gasteiger partial charge in [0.1, 0.15) is 0 Å². The van der Waals surface area contributed by atoms with Gasteiger partial charge in [-0.2, -0.15) is 0 Å². The van der Waals surface area contributed by atoms with Crippen molar-refractivity contribution in [1.82, 2.24) is 10.2 Å². The van der Waals surface area contributed by atoms with Gasteiger partial charge in [0.15, 0.2) is 0 Å². The minimum atomic E-state index is -0.521. The van der Waals surface area contributed by atoms with E-state index < -0.39 is 10.8 Å². The standard InChI is InChI=1S/C11H22N2OS/c1-10-8-12-4-5-13(9-10)11-2-6-15(14)7-3-11/h10-12H,2-9H2,1H3. The molecule has 0 aromatic heterocycles. The molecule has 0 saturated carbocycles. The lowest BCUT2D eigenvalue weighted by atomic mass is 10.1. The molecule has 0 aromatic rings. The summed E-state index contributed by atoms with van der Waals surface area (Å²) in [4.78, 5) is 2.61. The fourth-order valence-corrected chi connectivity index (χ4v) is 3.88. The van der Waals surface area contributed by atoms with Crippen LogP contribution in [0.3, 0.4) is 0 Å². The van der Waals surface area contributed by atoms with Crippen molar-refractivity contribution in [1.29, 1.82) is 0 Å². The van der Waals surface area contributed by atoms with Crippen molar-refractivity contribution >= 4 is 10.8 Å². The Morgan fingerprint density at radius 3 is 2.80 bits per heavy atom. The minimum Gasteiger partial charge on any atom is -0.315 e. The highest BCUT2D eigenvalue weighted by Gasteiger charge is 2.25. The van der Waals surface area contributed by atoms with Gasteiger partial charge in [0, 0.05) is 48.0 Å². The van der Waals surface area contributed by atoms with Gasteiger partial charge in [-0.3, -0.25) is 9.11 Å². The molecule has 4 heteroatoms. The van der Waals surface area contributed by atoms with Crippen LogP contribution in [0.4, 0.5) is 0 Å². The van der Waals surface area contributed by atoms with Crippen molar-refractivity contribution in [2.24, 2.45) is 5.92 Å². The first-order valence-electron chi connectivity index (χ1n) is 6.05. The van der Waals surface area contributed by atoms with Crippen molar-refractivity contribution in [3.05, 3.63) is 0 Å². The molecule has 1 atom stereocenters. The molecule has 1 unspecified atom stereocenters. The zero-order valence-electron chi connectivity index (χ0n) is 9.58. The van der Waals surface area contributed by atoms with E-state index in [1.54, 1.807) is 0 Å². The number of rotatable bonds is 1. The smallest absolute Gasteiger partial charge is 0.0249 e. The van der Waals surface area contributed by atoms with E-state index in [2.05, 4.69) is 17.1 Å². The summed E-state index contributed by atoms with van der Waals surface area (Å²) in [7, 11) is -0.521. The maximum absolute atomic E-state index is 11.3. The lowest BCUT2D eigenvalue weighted by Gasteiger charge is -2.33. The molecule has 3 nitrogen and oxygen atoms in total. The Kier molecular flexibility index (Phi) is 4.17. The van der Waals surface area contributed by atoms with Crippen molar-refractivity contribution in [3.8, 4) is 0 Å². The summed E-state index contributed by atoms with van der Waals surface area (Å²) >= 11 is 0. The van der Waals surface area contributed by atoms with Crippen LogP contribution >= 0.6 is 0 Å². The fourth-order valence-electron chi connectivity index (χ4n) is 2.61. The molecule has 2 saturated heterocycles. The summed E-state index contributed by atoms with van der Waals surface area (Å²) in [5, 5.41) is 3.47. The van der Waals surface area contributed by atoms with Crippen LogP contribution in [0.15, 0.2) is 0 Å². The topological polar surface area (TPSA) is 32.3 Å². The zero-order valence-corrected chi connectivity index (χ0v) is 10.4. The Morgan fingerprint density at radius 1 is 1.33 bits per heavy atom. The minimum absolute atomic E-state index is 0.521. The van der Waals surface area contributed by atoms with Gasteiger partial charge >= 0.3 is 0 Å². The molecule has 2 heterocycles. The summed E-state index contributed by atoms with van der Waals surface area (Å²) in [5.74, 6) is 2.59. The van der Waals surface area contributed by atoms with Crippen molar-refractivity contribution in [3.63, 3.8) is 0 Å². The highest BCUT2D eigenvalue weighted by atomic mass is 32.2. The molecular formula is C11H22N2OS. The number of nitrogens with one attached hydrogen (secondary N) is 1. The molecule has 2 rings (SSSR count). The highest BCUT2D eigenvalue weighted by molar-refractivity contribution is 7.85. The lowest BCUT2D eigenvalue weighted by molar-refractivity contribution is 0.179. The first-order chi connectivity index (χ1) is 7.25. The molecule has 0 amide bonds. The van der Waals surface area contributed by atoms with Gasteiger partial charge in [0.25, 0.3) is 0 Å². The first kappa shape index (κ1) is 11.6. The van der Waals surface area contributed by atoms with E-state index in [4.69, 9.17) is 0 Å². The second-order valence-corrected chi connectivity index (χ2v) is 6.58. The van der Waals surface area contributed by atoms with E-state index >= 15 is 0 Å². The summed E-state index contributed by atoms with van der Waals surface area (Å²) in [6.07, 6.45) is 2.28. The van der Waals surface area contributed by atoms with Crippen LogP contribution in [0, 0.1) is 5.92 Å². The van der Waals surface area contributed by atoms with Crippen molar-refractivity contribution in [2.75, 3.05) is 37.7 Å². The van der Waals surface area contributed by atoms with Crippen LogP contribution in [0.1, 0.15) is 19.8 Å². The molecule has 0 bridgehead atoms. The third-order valence-electron chi connectivity index (χ3n) is 3.49. The summed E-state index contributed by atoms with van der Waals surface area (Å²) in [6.45, 7) is 6.96. The van der Waals surface area contributed by atoms with Crippen LogP contribution in [0.2, 0.25) is 0 Å². The van der Waals surface area contributed by atoms with Crippen LogP contribution in [-0.2, 0) is 10.8 Å². The molecular weight excluding hydrogens is 208 g/mol. The molecule has 88 valence electrons. The summed E-state index contributed by atoms with van der Waals surface area (Å²) < 4.78 is 11.3. The molecule has 15 heavy (non-hydrogen) atoms. The van der Waals surface area contributed by atoms with Crippen LogP contribution in [0.25, 0.3) is 0 Å². The fraction of sp³-hybridized carbons (Fsp3) is 1.00. The normalized spacial score (nSPS) is 39.9. The average Bonchev–Trinajstić information content (AvgIpc) is 2.44. The van der Waals surface area contributed by atoms with E-state index in [-0.39, 0.29) is 0 Å². The number of nitrogens with zero attached hydrogens (tertiary/aromatic N) is 1. The highest BCUT2D eigenvalue weighted by Crippen LogP contribution is 2.18. The Hall–Kier alpha value is 0.0700. The molecule has 0 spiro atoms. The van der Waals surface area contributed by atoms with Gasteiger partial charge in [-0.05, 0) is 25.3 Å². The second-order valence-electron chi connectivity index (χ2n) is 4.88. The quantitative estimate of drug-likeness (QED) is 0.709. The Bertz CT molecular complexity index is 225. The maximum Gasteiger partial charge on any atom is 0.0249 e. The molecule has 0 radical (unpaired) electrons.